The molecule has 1 fully saturated rings. The van der Waals surface area contributed by atoms with E-state index in [0.717, 1.165) is 11.1 Å². The number of carbonyl (C=O) groups is 2. The Balaban J connectivity index is 1.92. The number of ether oxygens (including phenoxy) is 1. The van der Waals surface area contributed by atoms with Gasteiger partial charge in [-0.05, 0) is 62.2 Å². The van der Waals surface area contributed by atoms with Crippen LogP contribution in [0.4, 0.5) is 0 Å². The fourth-order valence-corrected chi connectivity index (χ4v) is 4.07. The maximum Gasteiger partial charge on any atom is 0.296 e. The highest BCUT2D eigenvalue weighted by Crippen LogP contribution is 2.43. The van der Waals surface area contributed by atoms with E-state index in [9.17, 15) is 19.8 Å². The molecule has 0 spiro atoms. The molecule has 0 radical (unpaired) electrons. The zero-order chi connectivity index (χ0) is 23.7. The number of amides is 1. The van der Waals surface area contributed by atoms with Gasteiger partial charge >= 0.3 is 0 Å². The normalized spacial score (nSPS) is 17.5. The number of Topliss-reactive ketones (excluding diaryl/α,β-unsaturated/α-hetero) is 1. The average Bonchev–Trinajstić information content (AvgIpc) is 3.39. The van der Waals surface area contributed by atoms with Gasteiger partial charge in [-0.3, -0.25) is 9.59 Å². The van der Waals surface area contributed by atoms with Gasteiger partial charge in [0.2, 0.25) is 0 Å². The molecular weight excluding hydrogens is 422 g/mol. The fraction of sp³-hybridized carbons (Fsp3) is 0.231. The number of hydrogen-bond donors (Lipinski definition) is 2. The Bertz CT molecular complexity index is 1240. The summed E-state index contributed by atoms with van der Waals surface area (Å²) in [5, 5.41) is 21.4. The molecule has 0 bridgehead atoms. The summed E-state index contributed by atoms with van der Waals surface area (Å²) in [5.74, 6) is -1.10. The first-order valence-electron chi connectivity index (χ1n) is 10.7. The maximum absolute atomic E-state index is 13.2. The van der Waals surface area contributed by atoms with E-state index in [1.165, 1.54) is 17.2 Å². The van der Waals surface area contributed by atoms with Gasteiger partial charge in [0.1, 0.15) is 11.5 Å². The average molecular weight is 447 g/mol. The van der Waals surface area contributed by atoms with Gasteiger partial charge in [0.05, 0.1) is 31.0 Å². The van der Waals surface area contributed by atoms with Gasteiger partial charge in [0.15, 0.2) is 11.5 Å². The van der Waals surface area contributed by atoms with E-state index >= 15 is 0 Å². The highest BCUT2D eigenvalue weighted by molar-refractivity contribution is 6.46. The maximum atomic E-state index is 13.2. The summed E-state index contributed by atoms with van der Waals surface area (Å²) in [6, 6.07) is 12.7. The second kappa shape index (κ2) is 8.86. The van der Waals surface area contributed by atoms with E-state index in [1.807, 2.05) is 26.0 Å². The summed E-state index contributed by atoms with van der Waals surface area (Å²) in [7, 11) is 0. The van der Waals surface area contributed by atoms with Crippen LogP contribution in [0.2, 0.25) is 0 Å². The third kappa shape index (κ3) is 4.09. The quantitative estimate of drug-likeness (QED) is 0.325. The Morgan fingerprint density at radius 1 is 1.12 bits per heavy atom. The number of aliphatic hydroxyl groups is 1. The first kappa shape index (κ1) is 22.2. The summed E-state index contributed by atoms with van der Waals surface area (Å²) in [4.78, 5) is 27.7. The van der Waals surface area contributed by atoms with Crippen LogP contribution in [0, 0.1) is 13.8 Å². The van der Waals surface area contributed by atoms with Crippen molar-refractivity contribution in [3.05, 3.63) is 88.4 Å². The van der Waals surface area contributed by atoms with E-state index < -0.39 is 17.7 Å². The Morgan fingerprint density at radius 3 is 2.61 bits per heavy atom. The summed E-state index contributed by atoms with van der Waals surface area (Å²) in [6.07, 6.45) is 1.49. The number of ketones is 1. The third-order valence-electron chi connectivity index (χ3n) is 5.69. The fourth-order valence-electron chi connectivity index (χ4n) is 4.07. The van der Waals surface area contributed by atoms with Gasteiger partial charge in [-0.1, -0.05) is 23.8 Å². The smallest absolute Gasteiger partial charge is 0.296 e. The number of hydrogen-bond acceptors (Lipinski definition) is 6. The lowest BCUT2D eigenvalue weighted by Crippen LogP contribution is -2.29. The van der Waals surface area contributed by atoms with Crippen LogP contribution in [0.3, 0.4) is 0 Å². The van der Waals surface area contributed by atoms with Gasteiger partial charge in [0, 0.05) is 5.56 Å². The van der Waals surface area contributed by atoms with Crippen LogP contribution >= 0.6 is 0 Å². The van der Waals surface area contributed by atoms with Crippen LogP contribution in [-0.4, -0.2) is 33.4 Å². The molecule has 1 atom stereocenters. The summed E-state index contributed by atoms with van der Waals surface area (Å²) in [6.45, 7) is 5.87. The summed E-state index contributed by atoms with van der Waals surface area (Å²) in [5.41, 5.74) is 2.67. The number of furan rings is 1. The molecular formula is C26H25NO6. The van der Waals surface area contributed by atoms with Crippen LogP contribution in [0.25, 0.3) is 5.76 Å². The number of phenolic OH excluding ortho intramolecular Hbond substituents is 1. The van der Waals surface area contributed by atoms with Crippen LogP contribution in [0.1, 0.15) is 41.0 Å². The van der Waals surface area contributed by atoms with Gasteiger partial charge in [0.25, 0.3) is 11.7 Å². The highest BCUT2D eigenvalue weighted by Gasteiger charge is 2.46. The number of carbonyl (C=O) groups excluding carboxylic acids is 2. The molecule has 2 aromatic carbocycles. The molecule has 1 saturated heterocycles. The summed E-state index contributed by atoms with van der Waals surface area (Å²) >= 11 is 0. The molecule has 7 nitrogen and oxygen atoms in total. The van der Waals surface area contributed by atoms with Crippen LogP contribution in [-0.2, 0) is 16.1 Å². The standard InChI is InChI=1S/C26H25NO6/c1-4-32-21-13-17(9-10-20(21)28)23-22(24(29)19-12-15(2)7-8-16(19)3)25(30)26(31)27(23)14-18-6-5-11-33-18/h5-13,23,28-29H,4,14H2,1-3H3/b24-22+. The minimum Gasteiger partial charge on any atom is -0.507 e. The van der Waals surface area contributed by atoms with Gasteiger partial charge < -0.3 is 24.3 Å². The SMILES string of the molecule is CCOc1cc(C2/C(=C(\O)c3cc(C)ccc3C)C(=O)C(=O)N2Cc2ccco2)ccc1O. The topological polar surface area (TPSA) is 100 Å². The van der Waals surface area contributed by atoms with Crippen molar-refractivity contribution in [2.45, 2.75) is 33.4 Å². The lowest BCUT2D eigenvalue weighted by Gasteiger charge is -2.25. The molecule has 33 heavy (non-hydrogen) atoms. The minimum atomic E-state index is -0.894. The van der Waals surface area contributed by atoms with Crippen LogP contribution in [0.15, 0.2) is 64.8 Å². The summed E-state index contributed by atoms with van der Waals surface area (Å²) < 4.78 is 10.9. The first-order chi connectivity index (χ1) is 15.8. The molecule has 4 rings (SSSR count). The number of benzene rings is 2. The highest BCUT2D eigenvalue weighted by atomic mass is 16.5. The zero-order valence-electron chi connectivity index (χ0n) is 18.7. The molecule has 7 heteroatoms. The predicted octanol–water partition coefficient (Wildman–Crippen LogP) is 4.62. The second-order valence-electron chi connectivity index (χ2n) is 7.98. The molecule has 1 amide bonds. The number of nitrogens with zero attached hydrogens (tertiary/aromatic N) is 1. The second-order valence-corrected chi connectivity index (χ2v) is 7.98. The largest absolute Gasteiger partial charge is 0.507 e. The number of likely N-dealkylation sites (tertiary alicyclic amines) is 1. The number of aromatic hydroxyl groups is 1. The Morgan fingerprint density at radius 2 is 1.91 bits per heavy atom. The molecule has 1 aliphatic rings. The van der Waals surface area contributed by atoms with Crippen molar-refractivity contribution in [1.29, 1.82) is 0 Å². The Hall–Kier alpha value is -4.00. The number of aryl methyl sites for hydroxylation is 2. The molecule has 1 unspecified atom stereocenters. The van der Waals surface area contributed by atoms with E-state index in [2.05, 4.69) is 0 Å². The van der Waals surface area contributed by atoms with Crippen molar-refractivity contribution in [3.8, 4) is 11.5 Å². The molecule has 3 aromatic rings. The minimum absolute atomic E-state index is 0.0200. The van der Waals surface area contributed by atoms with Crippen molar-refractivity contribution in [1.82, 2.24) is 4.90 Å². The van der Waals surface area contributed by atoms with Crippen LogP contribution in [0.5, 0.6) is 11.5 Å². The monoisotopic (exact) mass is 447 g/mol. The van der Waals surface area contributed by atoms with Crippen LogP contribution < -0.4 is 4.74 Å². The van der Waals surface area contributed by atoms with Crippen molar-refractivity contribution < 1.29 is 29.0 Å². The van der Waals surface area contributed by atoms with E-state index in [-0.39, 0.29) is 29.4 Å². The molecule has 170 valence electrons. The Kier molecular flexibility index (Phi) is 5.96. The first-order valence-corrected chi connectivity index (χ1v) is 10.7. The number of aliphatic hydroxyl groups excluding tert-OH is 1. The van der Waals surface area contributed by atoms with Crippen molar-refractivity contribution in [3.63, 3.8) is 0 Å². The van der Waals surface area contributed by atoms with Gasteiger partial charge in [-0.2, -0.15) is 0 Å². The molecule has 2 heterocycles. The molecule has 0 saturated carbocycles. The predicted molar refractivity (Wildman–Crippen MR) is 122 cm³/mol. The zero-order valence-corrected chi connectivity index (χ0v) is 18.7. The number of rotatable bonds is 6. The number of phenols is 1. The lowest BCUT2D eigenvalue weighted by molar-refractivity contribution is -0.140. The van der Waals surface area contributed by atoms with Gasteiger partial charge in [-0.15, -0.1) is 0 Å². The van der Waals surface area contributed by atoms with Crippen molar-refractivity contribution in [2.24, 2.45) is 0 Å². The Labute approximate surface area is 191 Å². The van der Waals surface area contributed by atoms with Gasteiger partial charge in [-0.25, -0.2) is 0 Å². The van der Waals surface area contributed by atoms with Crippen molar-refractivity contribution in [2.75, 3.05) is 6.61 Å². The lowest BCUT2D eigenvalue weighted by atomic mass is 9.93. The third-order valence-corrected chi connectivity index (χ3v) is 5.69. The van der Waals surface area contributed by atoms with E-state index in [1.54, 1.807) is 37.3 Å². The molecule has 1 aliphatic heterocycles. The molecule has 2 N–H and O–H groups in total. The van der Waals surface area contributed by atoms with Crippen molar-refractivity contribution >= 4 is 17.4 Å². The molecule has 0 aliphatic carbocycles. The molecule has 1 aromatic heterocycles. The van der Waals surface area contributed by atoms with E-state index in [4.69, 9.17) is 9.15 Å². The van der Waals surface area contributed by atoms with E-state index in [0.29, 0.717) is 23.5 Å².